The molecule has 5 nitrogen and oxygen atoms in total. The van der Waals surface area contributed by atoms with Crippen molar-refractivity contribution in [2.45, 2.75) is 31.8 Å². The van der Waals surface area contributed by atoms with Crippen LogP contribution in [0.4, 0.5) is 0 Å². The molecule has 1 aliphatic heterocycles. The molecule has 2 heterocycles. The number of piperidine rings is 1. The number of nitrogens with zero attached hydrogens (tertiary/aromatic N) is 2. The van der Waals surface area contributed by atoms with E-state index in [-0.39, 0.29) is 18.0 Å². The number of rotatable bonds is 4. The van der Waals surface area contributed by atoms with Crippen molar-refractivity contribution in [3.63, 3.8) is 0 Å². The molecule has 0 radical (unpaired) electrons. The molecule has 0 spiro atoms. The van der Waals surface area contributed by atoms with Gasteiger partial charge in [0.15, 0.2) is 0 Å². The Bertz CT molecular complexity index is 553. The van der Waals surface area contributed by atoms with Crippen LogP contribution in [0.1, 0.15) is 42.2 Å². The number of ether oxygens (including phenoxy) is 1. The summed E-state index contributed by atoms with van der Waals surface area (Å²) in [4.78, 5) is 18.1. The van der Waals surface area contributed by atoms with E-state index in [0.29, 0.717) is 17.5 Å². The first-order valence-corrected chi connectivity index (χ1v) is 8.15. The van der Waals surface area contributed by atoms with Crippen LogP contribution < -0.4 is 5.73 Å². The van der Waals surface area contributed by atoms with Gasteiger partial charge in [0.25, 0.3) is 5.91 Å². The molecule has 1 aliphatic carbocycles. The van der Waals surface area contributed by atoms with E-state index in [1.54, 1.807) is 13.3 Å². The number of carbonyl (C=O) groups is 1. The molecule has 3 atom stereocenters. The minimum absolute atomic E-state index is 0. The van der Waals surface area contributed by atoms with Crippen molar-refractivity contribution >= 4 is 18.3 Å². The number of aromatic nitrogens is 1. The first-order chi connectivity index (χ1) is 10.6. The molecule has 3 rings (SSSR count). The van der Waals surface area contributed by atoms with Crippen molar-refractivity contribution in [2.24, 2.45) is 17.6 Å². The highest BCUT2D eigenvalue weighted by molar-refractivity contribution is 5.90. The van der Waals surface area contributed by atoms with Gasteiger partial charge in [0.2, 0.25) is 0 Å². The molecule has 6 heteroatoms. The number of amides is 1. The second kappa shape index (κ2) is 7.16. The smallest absolute Gasteiger partial charge is 0.267 e. The standard InChI is InChI=1S/C17H25N3O2.ClH/c1-3-20-10-13-5-4-6-14(11-20)17(13,22-2)12-7-8-19-15(9-12)16(18)21;/h7-9,13-14H,3-6,10-11H2,1-2H3,(H2,18,21);1H/t13-,14+,17?;. The molecule has 2 fully saturated rings. The number of fused-ring (bicyclic) bond motifs is 2. The second-order valence-electron chi connectivity index (χ2n) is 6.47. The highest BCUT2D eigenvalue weighted by atomic mass is 35.5. The van der Waals surface area contributed by atoms with Crippen molar-refractivity contribution in [1.29, 1.82) is 0 Å². The number of likely N-dealkylation sites (tertiary alicyclic amines) is 1. The van der Waals surface area contributed by atoms with Crippen LogP contribution in [0.25, 0.3) is 0 Å². The Balaban J connectivity index is 0.00000192. The van der Waals surface area contributed by atoms with Crippen LogP contribution in [0, 0.1) is 11.8 Å². The maximum Gasteiger partial charge on any atom is 0.267 e. The highest BCUT2D eigenvalue weighted by Crippen LogP contribution is 2.51. The third-order valence-electron chi connectivity index (χ3n) is 5.52. The molecule has 1 aromatic rings. The number of pyridine rings is 1. The van der Waals surface area contributed by atoms with Crippen molar-refractivity contribution < 1.29 is 9.53 Å². The number of carbonyl (C=O) groups excluding carboxylic acids is 1. The summed E-state index contributed by atoms with van der Waals surface area (Å²) in [6.07, 6.45) is 5.26. The number of methoxy groups -OCH3 is 1. The zero-order chi connectivity index (χ0) is 15.7. The summed E-state index contributed by atoms with van der Waals surface area (Å²) in [5.41, 5.74) is 6.48. The Labute approximate surface area is 144 Å². The molecule has 1 saturated heterocycles. The Kier molecular flexibility index (Phi) is 5.65. The highest BCUT2D eigenvalue weighted by Gasteiger charge is 2.53. The molecule has 1 saturated carbocycles. The zero-order valence-corrected chi connectivity index (χ0v) is 14.6. The molecule has 1 aromatic heterocycles. The molecule has 128 valence electrons. The fourth-order valence-corrected chi connectivity index (χ4v) is 4.51. The topological polar surface area (TPSA) is 68.4 Å². The molecular weight excluding hydrogens is 314 g/mol. The van der Waals surface area contributed by atoms with Gasteiger partial charge in [-0.05, 0) is 37.1 Å². The minimum Gasteiger partial charge on any atom is -0.373 e. The lowest BCUT2D eigenvalue weighted by molar-refractivity contribution is -0.168. The van der Waals surface area contributed by atoms with Crippen LogP contribution >= 0.6 is 12.4 Å². The number of hydrogen-bond acceptors (Lipinski definition) is 4. The van der Waals surface area contributed by atoms with Gasteiger partial charge in [0, 0.05) is 38.2 Å². The molecular formula is C17H26ClN3O2. The van der Waals surface area contributed by atoms with E-state index in [1.165, 1.54) is 6.42 Å². The Hall–Kier alpha value is -1.17. The summed E-state index contributed by atoms with van der Waals surface area (Å²) in [7, 11) is 1.80. The summed E-state index contributed by atoms with van der Waals surface area (Å²) >= 11 is 0. The summed E-state index contributed by atoms with van der Waals surface area (Å²) in [5, 5.41) is 0. The van der Waals surface area contributed by atoms with E-state index in [4.69, 9.17) is 10.5 Å². The first-order valence-electron chi connectivity index (χ1n) is 8.15. The third kappa shape index (κ3) is 2.97. The summed E-state index contributed by atoms with van der Waals surface area (Å²) < 4.78 is 6.15. The van der Waals surface area contributed by atoms with Crippen molar-refractivity contribution in [3.05, 3.63) is 29.6 Å². The van der Waals surface area contributed by atoms with E-state index in [1.807, 2.05) is 12.1 Å². The van der Waals surface area contributed by atoms with Crippen LogP contribution in [0.5, 0.6) is 0 Å². The third-order valence-corrected chi connectivity index (χ3v) is 5.52. The van der Waals surface area contributed by atoms with Crippen LogP contribution in [-0.2, 0) is 10.3 Å². The van der Waals surface area contributed by atoms with Gasteiger partial charge in [0.05, 0.1) is 0 Å². The Morgan fingerprint density at radius 3 is 2.61 bits per heavy atom. The largest absolute Gasteiger partial charge is 0.373 e. The second-order valence-corrected chi connectivity index (χ2v) is 6.47. The lowest BCUT2D eigenvalue weighted by atomic mass is 9.62. The average molecular weight is 340 g/mol. The monoisotopic (exact) mass is 339 g/mol. The van der Waals surface area contributed by atoms with Gasteiger partial charge in [-0.3, -0.25) is 9.78 Å². The molecule has 23 heavy (non-hydrogen) atoms. The lowest BCUT2D eigenvalue weighted by Gasteiger charge is -2.55. The van der Waals surface area contributed by atoms with E-state index < -0.39 is 5.91 Å². The predicted octanol–water partition coefficient (Wildman–Crippen LogP) is 2.20. The van der Waals surface area contributed by atoms with E-state index in [0.717, 1.165) is 38.0 Å². The summed E-state index contributed by atoms with van der Waals surface area (Å²) in [5.74, 6) is 0.422. The fourth-order valence-electron chi connectivity index (χ4n) is 4.51. The van der Waals surface area contributed by atoms with Crippen LogP contribution in [0.3, 0.4) is 0 Å². The van der Waals surface area contributed by atoms with Gasteiger partial charge in [-0.25, -0.2) is 0 Å². The number of nitrogens with two attached hydrogens (primary N) is 1. The summed E-state index contributed by atoms with van der Waals surface area (Å²) in [6.45, 7) is 5.40. The zero-order valence-electron chi connectivity index (χ0n) is 13.8. The van der Waals surface area contributed by atoms with Gasteiger partial charge in [-0.1, -0.05) is 13.3 Å². The predicted molar refractivity (Wildman–Crippen MR) is 91.6 cm³/mol. The molecule has 2 bridgehead atoms. The van der Waals surface area contributed by atoms with E-state index in [9.17, 15) is 4.79 Å². The van der Waals surface area contributed by atoms with Crippen LogP contribution in [0.2, 0.25) is 0 Å². The van der Waals surface area contributed by atoms with Crippen molar-refractivity contribution in [1.82, 2.24) is 9.88 Å². The average Bonchev–Trinajstić information content (AvgIpc) is 2.53. The number of hydrogen-bond donors (Lipinski definition) is 1. The van der Waals surface area contributed by atoms with Gasteiger partial charge in [0.1, 0.15) is 11.3 Å². The van der Waals surface area contributed by atoms with Gasteiger partial charge in [-0.2, -0.15) is 0 Å². The fraction of sp³-hybridized carbons (Fsp3) is 0.647. The van der Waals surface area contributed by atoms with Gasteiger partial charge < -0.3 is 15.4 Å². The normalized spacial score (nSPS) is 30.5. The maximum absolute atomic E-state index is 11.5. The molecule has 0 aromatic carbocycles. The SMILES string of the molecule is CCN1C[C@H]2CCC[C@@H](C1)C2(OC)c1ccnc(C(N)=O)c1.Cl. The van der Waals surface area contributed by atoms with Gasteiger partial charge >= 0.3 is 0 Å². The van der Waals surface area contributed by atoms with Crippen molar-refractivity contribution in [3.8, 4) is 0 Å². The number of primary amides is 1. The number of halogens is 1. The van der Waals surface area contributed by atoms with Gasteiger partial charge in [-0.15, -0.1) is 12.4 Å². The van der Waals surface area contributed by atoms with Crippen LogP contribution in [-0.4, -0.2) is 42.5 Å². The van der Waals surface area contributed by atoms with Crippen molar-refractivity contribution in [2.75, 3.05) is 26.7 Å². The van der Waals surface area contributed by atoms with E-state index in [2.05, 4.69) is 16.8 Å². The molecule has 1 unspecified atom stereocenters. The Morgan fingerprint density at radius 2 is 2.09 bits per heavy atom. The van der Waals surface area contributed by atoms with Crippen LogP contribution in [0.15, 0.2) is 18.3 Å². The summed E-state index contributed by atoms with van der Waals surface area (Å²) in [6, 6.07) is 3.82. The maximum atomic E-state index is 11.5. The van der Waals surface area contributed by atoms with E-state index >= 15 is 0 Å². The first kappa shape index (κ1) is 18.2. The Morgan fingerprint density at radius 1 is 1.43 bits per heavy atom. The lowest BCUT2D eigenvalue weighted by Crippen LogP contribution is -2.59. The molecule has 2 aliphatic rings. The minimum atomic E-state index is -0.482. The quantitative estimate of drug-likeness (QED) is 0.913. The molecule has 2 N–H and O–H groups in total. The molecule has 1 amide bonds.